The summed E-state index contributed by atoms with van der Waals surface area (Å²) in [7, 11) is 0. The van der Waals surface area contributed by atoms with E-state index in [0.29, 0.717) is 45.3 Å². The van der Waals surface area contributed by atoms with Gasteiger partial charge in [-0.3, -0.25) is 19.7 Å². The Hall–Kier alpha value is -3.78. The lowest BCUT2D eigenvalue weighted by molar-refractivity contribution is -0.142. The van der Waals surface area contributed by atoms with Crippen LogP contribution in [0.25, 0.3) is 22.3 Å². The fraction of sp³-hybridized carbons (Fsp3) is 0.200. The first-order valence-corrected chi connectivity index (χ1v) is 11.3. The summed E-state index contributed by atoms with van der Waals surface area (Å²) in [6.45, 7) is 5.90. The lowest BCUT2D eigenvalue weighted by Gasteiger charge is -2.07. The lowest BCUT2D eigenvalue weighted by atomic mass is 10.1. The number of nitrogens with one attached hydrogen (secondary N) is 1. The highest BCUT2D eigenvalue weighted by molar-refractivity contribution is 7.14. The molecule has 33 heavy (non-hydrogen) atoms. The number of esters is 1. The summed E-state index contributed by atoms with van der Waals surface area (Å²) < 4.78 is 10.9. The van der Waals surface area contributed by atoms with Crippen LogP contribution in [0.5, 0.6) is 0 Å². The Kier molecular flexibility index (Phi) is 6.37. The van der Waals surface area contributed by atoms with Crippen molar-refractivity contribution in [3.05, 3.63) is 80.5 Å². The Morgan fingerprint density at radius 3 is 2.61 bits per heavy atom. The third-order valence-corrected chi connectivity index (χ3v) is 5.80. The first kappa shape index (κ1) is 22.4. The molecule has 0 aliphatic rings. The van der Waals surface area contributed by atoms with Gasteiger partial charge in [-0.25, -0.2) is 4.98 Å². The van der Waals surface area contributed by atoms with Crippen molar-refractivity contribution in [2.75, 3.05) is 11.9 Å². The zero-order valence-corrected chi connectivity index (χ0v) is 19.2. The zero-order valence-electron chi connectivity index (χ0n) is 18.4. The molecule has 168 valence electrons. The first-order valence-electron chi connectivity index (χ1n) is 10.4. The number of amides is 1. The van der Waals surface area contributed by atoms with E-state index in [0.717, 1.165) is 11.1 Å². The second-order valence-corrected chi connectivity index (χ2v) is 8.45. The quantitative estimate of drug-likeness (QED) is 0.410. The van der Waals surface area contributed by atoms with Gasteiger partial charge in [0.2, 0.25) is 0 Å². The van der Waals surface area contributed by atoms with Gasteiger partial charge in [-0.05, 0) is 50.1 Å². The highest BCUT2D eigenvalue weighted by Crippen LogP contribution is 2.26. The SMILES string of the molecule is CCOC(=O)Cc1csc(NC(=O)c2ccc(-c3cc(=O)c4cc(C)cc(C)c4o3)cc2)n1. The summed E-state index contributed by atoms with van der Waals surface area (Å²) in [6.07, 6.45) is 0.0604. The predicted molar refractivity (Wildman–Crippen MR) is 128 cm³/mol. The normalized spacial score (nSPS) is 10.9. The number of carbonyl (C=O) groups is 2. The summed E-state index contributed by atoms with van der Waals surface area (Å²) in [5.41, 5.74) is 4.01. The average Bonchev–Trinajstić information content (AvgIpc) is 3.21. The Morgan fingerprint density at radius 2 is 1.88 bits per heavy atom. The molecule has 0 fully saturated rings. The Balaban J connectivity index is 1.51. The molecule has 1 N–H and O–H groups in total. The van der Waals surface area contributed by atoms with Crippen LogP contribution in [0.15, 0.2) is 57.1 Å². The molecular weight excluding hydrogens is 440 g/mol. The fourth-order valence-corrected chi connectivity index (χ4v) is 4.22. The van der Waals surface area contributed by atoms with Crippen LogP contribution in [-0.2, 0) is 16.0 Å². The maximum absolute atomic E-state index is 12.6. The van der Waals surface area contributed by atoms with Gasteiger partial charge in [0.15, 0.2) is 10.6 Å². The Morgan fingerprint density at radius 1 is 1.12 bits per heavy atom. The van der Waals surface area contributed by atoms with Crippen molar-refractivity contribution in [1.29, 1.82) is 0 Å². The van der Waals surface area contributed by atoms with Crippen LogP contribution in [0, 0.1) is 13.8 Å². The number of hydrogen-bond acceptors (Lipinski definition) is 7. The van der Waals surface area contributed by atoms with Gasteiger partial charge < -0.3 is 9.15 Å². The summed E-state index contributed by atoms with van der Waals surface area (Å²) in [6, 6.07) is 12.0. The van der Waals surface area contributed by atoms with E-state index in [2.05, 4.69) is 10.3 Å². The largest absolute Gasteiger partial charge is 0.466 e. The zero-order chi connectivity index (χ0) is 23.5. The lowest BCUT2D eigenvalue weighted by Crippen LogP contribution is -2.12. The number of hydrogen-bond donors (Lipinski definition) is 1. The summed E-state index contributed by atoms with van der Waals surface area (Å²) in [4.78, 5) is 41.0. The van der Waals surface area contributed by atoms with E-state index in [9.17, 15) is 14.4 Å². The number of fused-ring (bicyclic) bond motifs is 1. The van der Waals surface area contributed by atoms with Crippen molar-refractivity contribution in [3.8, 4) is 11.3 Å². The highest BCUT2D eigenvalue weighted by Gasteiger charge is 2.13. The summed E-state index contributed by atoms with van der Waals surface area (Å²) in [5.74, 6) is -0.248. The smallest absolute Gasteiger partial charge is 0.311 e. The fourth-order valence-electron chi connectivity index (χ4n) is 3.51. The molecule has 1 amide bonds. The van der Waals surface area contributed by atoms with Crippen LogP contribution in [-0.4, -0.2) is 23.5 Å². The van der Waals surface area contributed by atoms with Gasteiger partial charge in [-0.1, -0.05) is 18.2 Å². The summed E-state index contributed by atoms with van der Waals surface area (Å²) >= 11 is 1.24. The van der Waals surface area contributed by atoms with E-state index in [-0.39, 0.29) is 23.7 Å². The molecule has 4 aromatic rings. The van der Waals surface area contributed by atoms with E-state index in [1.54, 1.807) is 36.6 Å². The molecule has 4 rings (SSSR count). The van der Waals surface area contributed by atoms with Gasteiger partial charge in [-0.2, -0.15) is 0 Å². The number of aromatic nitrogens is 1. The molecule has 0 atom stereocenters. The topological polar surface area (TPSA) is 98.5 Å². The van der Waals surface area contributed by atoms with Crippen LogP contribution < -0.4 is 10.7 Å². The second kappa shape index (κ2) is 9.38. The van der Waals surface area contributed by atoms with Gasteiger partial charge in [0.1, 0.15) is 11.3 Å². The van der Waals surface area contributed by atoms with Gasteiger partial charge in [0, 0.05) is 22.6 Å². The van der Waals surface area contributed by atoms with Crippen molar-refractivity contribution >= 4 is 39.3 Å². The van der Waals surface area contributed by atoms with Crippen molar-refractivity contribution in [1.82, 2.24) is 4.98 Å². The van der Waals surface area contributed by atoms with Crippen LogP contribution in [0.2, 0.25) is 0 Å². The summed E-state index contributed by atoms with van der Waals surface area (Å²) in [5, 5.41) is 5.39. The molecule has 2 heterocycles. The van der Waals surface area contributed by atoms with E-state index in [1.165, 1.54) is 17.4 Å². The predicted octanol–water partition coefficient (Wildman–Crippen LogP) is 4.89. The highest BCUT2D eigenvalue weighted by atomic mass is 32.1. The third kappa shape index (κ3) is 5.01. The molecule has 0 saturated carbocycles. The number of benzene rings is 2. The molecule has 2 aromatic heterocycles. The minimum absolute atomic E-state index is 0.0604. The minimum atomic E-state index is -0.359. The maximum atomic E-state index is 12.6. The van der Waals surface area contributed by atoms with Gasteiger partial charge >= 0.3 is 5.97 Å². The Labute approximate surface area is 194 Å². The monoisotopic (exact) mass is 462 g/mol. The van der Waals surface area contributed by atoms with Gasteiger partial charge in [-0.15, -0.1) is 11.3 Å². The Bertz CT molecular complexity index is 1400. The third-order valence-electron chi connectivity index (χ3n) is 4.99. The number of aryl methyl sites for hydroxylation is 2. The molecule has 0 bridgehead atoms. The molecule has 0 unspecified atom stereocenters. The molecule has 0 aliphatic heterocycles. The number of rotatable bonds is 6. The first-order chi connectivity index (χ1) is 15.8. The second-order valence-electron chi connectivity index (χ2n) is 7.59. The van der Waals surface area contributed by atoms with Crippen LogP contribution in [0.1, 0.15) is 34.1 Å². The van der Waals surface area contributed by atoms with Gasteiger partial charge in [0.05, 0.1) is 24.1 Å². The number of thiazole rings is 1. The van der Waals surface area contributed by atoms with Gasteiger partial charge in [0.25, 0.3) is 5.91 Å². The minimum Gasteiger partial charge on any atom is -0.466 e. The van der Waals surface area contributed by atoms with Crippen molar-refractivity contribution < 1.29 is 18.7 Å². The number of carbonyl (C=O) groups excluding carboxylic acids is 2. The molecule has 0 aliphatic carbocycles. The molecule has 0 radical (unpaired) electrons. The van der Waals surface area contributed by atoms with Crippen molar-refractivity contribution in [2.24, 2.45) is 0 Å². The molecule has 7 nitrogen and oxygen atoms in total. The van der Waals surface area contributed by atoms with E-state index in [1.807, 2.05) is 26.0 Å². The van der Waals surface area contributed by atoms with Crippen LogP contribution >= 0.6 is 11.3 Å². The number of nitrogens with zero attached hydrogens (tertiary/aromatic N) is 1. The number of ether oxygens (including phenoxy) is 1. The molecule has 0 saturated heterocycles. The number of anilines is 1. The maximum Gasteiger partial charge on any atom is 0.311 e. The van der Waals surface area contributed by atoms with E-state index in [4.69, 9.17) is 9.15 Å². The molecule has 0 spiro atoms. The van der Waals surface area contributed by atoms with Crippen LogP contribution in [0.3, 0.4) is 0 Å². The standard InChI is InChI=1S/C25H22N2O5S/c1-4-31-22(29)11-18-13-33-25(26-18)27-24(30)17-7-5-16(6-8-17)21-12-20(28)19-10-14(2)9-15(3)23(19)32-21/h5-10,12-13H,4,11H2,1-3H3,(H,26,27,30). The molecule has 2 aromatic carbocycles. The van der Waals surface area contributed by atoms with E-state index < -0.39 is 0 Å². The van der Waals surface area contributed by atoms with Crippen molar-refractivity contribution in [3.63, 3.8) is 0 Å². The van der Waals surface area contributed by atoms with Crippen LogP contribution in [0.4, 0.5) is 5.13 Å². The van der Waals surface area contributed by atoms with Crippen molar-refractivity contribution in [2.45, 2.75) is 27.2 Å². The van der Waals surface area contributed by atoms with E-state index >= 15 is 0 Å². The average molecular weight is 463 g/mol. The molecular formula is C25H22N2O5S. The molecule has 8 heteroatoms.